The van der Waals surface area contributed by atoms with Crippen molar-refractivity contribution >= 4 is 11.8 Å². The number of ether oxygens (including phenoxy) is 1. The maximum absolute atomic E-state index is 12.1. The van der Waals surface area contributed by atoms with Gasteiger partial charge in [-0.3, -0.25) is 4.79 Å². The second-order valence-corrected chi connectivity index (χ2v) is 1.87. The Morgan fingerprint density at radius 3 is 2.08 bits per heavy atom. The van der Waals surface area contributed by atoms with Gasteiger partial charge < -0.3 is 4.74 Å². The van der Waals surface area contributed by atoms with Crippen molar-refractivity contribution in [1.82, 2.24) is 0 Å². The normalized spacial score (nSPS) is 10.7. The molecule has 0 aliphatic heterocycles. The average Bonchev–Trinajstić information content (AvgIpc) is 1.85. The van der Waals surface area contributed by atoms with Crippen LogP contribution in [0.1, 0.15) is 6.92 Å². The Labute approximate surface area is 65.8 Å². The van der Waals surface area contributed by atoms with Gasteiger partial charge in [0.1, 0.15) is 0 Å². The van der Waals surface area contributed by atoms with E-state index >= 15 is 0 Å². The van der Waals surface area contributed by atoms with E-state index in [0.29, 0.717) is 0 Å². The standard InChI is InChI=1S/C6H5F3O3/c1-3(10)5(11)12-6(8,9)4(2)7/h2H2,1H3. The first-order valence-electron chi connectivity index (χ1n) is 2.74. The summed E-state index contributed by atoms with van der Waals surface area (Å²) in [6.07, 6.45) is -4.43. The first kappa shape index (κ1) is 10.7. The summed E-state index contributed by atoms with van der Waals surface area (Å²) < 4.78 is 39.1. The molecule has 0 bridgehead atoms. The molecule has 0 amide bonds. The maximum atomic E-state index is 12.1. The third-order valence-electron chi connectivity index (χ3n) is 0.824. The van der Waals surface area contributed by atoms with E-state index in [1.54, 1.807) is 0 Å². The number of carbonyl (C=O) groups is 2. The first-order chi connectivity index (χ1) is 5.27. The second-order valence-electron chi connectivity index (χ2n) is 1.87. The van der Waals surface area contributed by atoms with Gasteiger partial charge in [-0.15, -0.1) is 0 Å². The number of carbonyl (C=O) groups excluding carboxylic acids is 2. The molecule has 6 heteroatoms. The van der Waals surface area contributed by atoms with Gasteiger partial charge in [-0.2, -0.15) is 8.78 Å². The van der Waals surface area contributed by atoms with Crippen molar-refractivity contribution in [3.8, 4) is 0 Å². The van der Waals surface area contributed by atoms with Gasteiger partial charge in [0.2, 0.25) is 11.6 Å². The molecule has 0 aliphatic carbocycles. The van der Waals surface area contributed by atoms with E-state index < -0.39 is 23.7 Å². The molecule has 0 rings (SSSR count). The number of rotatable bonds is 3. The van der Waals surface area contributed by atoms with Crippen molar-refractivity contribution in [3.05, 3.63) is 12.4 Å². The summed E-state index contributed by atoms with van der Waals surface area (Å²) in [7, 11) is 0. The fourth-order valence-electron chi connectivity index (χ4n) is 0.244. The number of esters is 1. The minimum Gasteiger partial charge on any atom is -0.389 e. The molecule has 0 radical (unpaired) electrons. The molecule has 0 aromatic rings. The van der Waals surface area contributed by atoms with E-state index in [9.17, 15) is 22.8 Å². The Morgan fingerprint density at radius 1 is 1.42 bits per heavy atom. The molecule has 0 aromatic heterocycles. The van der Waals surface area contributed by atoms with Crippen LogP contribution in [0.2, 0.25) is 0 Å². The quantitative estimate of drug-likeness (QED) is 0.486. The van der Waals surface area contributed by atoms with Crippen LogP contribution < -0.4 is 0 Å². The Hall–Kier alpha value is -1.33. The lowest BCUT2D eigenvalue weighted by molar-refractivity contribution is -0.219. The first-order valence-corrected chi connectivity index (χ1v) is 2.74. The molecule has 0 aromatic carbocycles. The molecular weight excluding hydrogens is 177 g/mol. The van der Waals surface area contributed by atoms with Crippen LogP contribution in [0, 0.1) is 0 Å². The predicted octanol–water partition coefficient (Wildman–Crippen LogP) is 1.19. The third-order valence-corrected chi connectivity index (χ3v) is 0.824. The summed E-state index contributed by atoms with van der Waals surface area (Å²) in [4.78, 5) is 20.3. The van der Waals surface area contributed by atoms with Crippen LogP contribution in [0.25, 0.3) is 0 Å². The summed E-state index contributed by atoms with van der Waals surface area (Å²) >= 11 is 0. The molecule has 0 N–H and O–H groups in total. The van der Waals surface area contributed by atoms with Gasteiger partial charge in [-0.05, 0) is 0 Å². The topological polar surface area (TPSA) is 43.4 Å². The lowest BCUT2D eigenvalue weighted by atomic mass is 10.4. The van der Waals surface area contributed by atoms with Gasteiger partial charge in [0.25, 0.3) is 0 Å². The zero-order chi connectivity index (χ0) is 9.94. The highest BCUT2D eigenvalue weighted by Crippen LogP contribution is 2.24. The van der Waals surface area contributed by atoms with Crippen molar-refractivity contribution in [3.63, 3.8) is 0 Å². The van der Waals surface area contributed by atoms with Crippen LogP contribution in [-0.4, -0.2) is 17.9 Å². The van der Waals surface area contributed by atoms with Crippen LogP contribution in [0.4, 0.5) is 13.2 Å². The lowest BCUT2D eigenvalue weighted by Gasteiger charge is -2.11. The van der Waals surface area contributed by atoms with Crippen molar-refractivity contribution in [2.75, 3.05) is 0 Å². The molecule has 0 fully saturated rings. The molecule has 0 unspecified atom stereocenters. The molecule has 12 heavy (non-hydrogen) atoms. The summed E-state index contributed by atoms with van der Waals surface area (Å²) in [5.74, 6) is -5.17. The van der Waals surface area contributed by atoms with Gasteiger partial charge in [0.15, 0.2) is 0 Å². The predicted molar refractivity (Wildman–Crippen MR) is 32.0 cm³/mol. The molecule has 0 saturated carbocycles. The smallest absolute Gasteiger partial charge is 0.389 e. The zero-order valence-electron chi connectivity index (χ0n) is 6.07. The van der Waals surface area contributed by atoms with Crippen LogP contribution in [0.3, 0.4) is 0 Å². The van der Waals surface area contributed by atoms with Gasteiger partial charge >= 0.3 is 12.1 Å². The Kier molecular flexibility index (Phi) is 3.00. The Balaban J connectivity index is 4.35. The largest absolute Gasteiger partial charge is 0.455 e. The summed E-state index contributed by atoms with van der Waals surface area (Å²) in [6, 6.07) is 0. The number of Topliss-reactive ketones (excluding diaryl/α,β-unsaturated/α-hetero) is 1. The fraction of sp³-hybridized carbons (Fsp3) is 0.333. The molecule has 68 valence electrons. The second kappa shape index (κ2) is 3.38. The summed E-state index contributed by atoms with van der Waals surface area (Å²) in [6.45, 7) is 2.96. The monoisotopic (exact) mass is 182 g/mol. The maximum Gasteiger partial charge on any atom is 0.455 e. The van der Waals surface area contributed by atoms with E-state index in [1.165, 1.54) is 0 Å². The van der Waals surface area contributed by atoms with Gasteiger partial charge in [0.05, 0.1) is 0 Å². The van der Waals surface area contributed by atoms with Crippen LogP contribution in [-0.2, 0) is 14.3 Å². The highest BCUT2D eigenvalue weighted by atomic mass is 19.3. The molecule has 0 aliphatic rings. The minimum atomic E-state index is -4.43. The van der Waals surface area contributed by atoms with Crippen molar-refractivity contribution in [2.24, 2.45) is 0 Å². The van der Waals surface area contributed by atoms with E-state index in [2.05, 4.69) is 11.3 Å². The Morgan fingerprint density at radius 2 is 1.83 bits per heavy atom. The van der Waals surface area contributed by atoms with Crippen LogP contribution in [0.15, 0.2) is 12.4 Å². The highest BCUT2D eigenvalue weighted by molar-refractivity contribution is 6.32. The van der Waals surface area contributed by atoms with Crippen molar-refractivity contribution < 1.29 is 27.5 Å². The van der Waals surface area contributed by atoms with Gasteiger partial charge in [0, 0.05) is 6.92 Å². The van der Waals surface area contributed by atoms with E-state index in [4.69, 9.17) is 0 Å². The number of hydrogen-bond donors (Lipinski definition) is 0. The lowest BCUT2D eigenvalue weighted by Crippen LogP contribution is -2.28. The summed E-state index contributed by atoms with van der Waals surface area (Å²) in [5.41, 5.74) is 0. The third kappa shape index (κ3) is 2.73. The molecule has 0 atom stereocenters. The van der Waals surface area contributed by atoms with E-state index in [1.807, 2.05) is 0 Å². The summed E-state index contributed by atoms with van der Waals surface area (Å²) in [5, 5.41) is 0. The molecule has 0 heterocycles. The minimum absolute atomic E-state index is 0.722. The average molecular weight is 182 g/mol. The van der Waals surface area contributed by atoms with Gasteiger partial charge in [-0.1, -0.05) is 6.58 Å². The Bertz CT molecular complexity index is 234. The fourth-order valence-corrected chi connectivity index (χ4v) is 0.244. The zero-order valence-corrected chi connectivity index (χ0v) is 6.07. The van der Waals surface area contributed by atoms with Crippen molar-refractivity contribution in [1.29, 1.82) is 0 Å². The molecular formula is C6H5F3O3. The van der Waals surface area contributed by atoms with Gasteiger partial charge in [-0.25, -0.2) is 9.18 Å². The number of alkyl halides is 2. The van der Waals surface area contributed by atoms with Crippen molar-refractivity contribution in [2.45, 2.75) is 13.0 Å². The SMILES string of the molecule is C=C(F)C(F)(F)OC(=O)C(C)=O. The van der Waals surface area contributed by atoms with Crippen LogP contribution in [0.5, 0.6) is 0 Å². The molecule has 3 nitrogen and oxygen atoms in total. The molecule has 0 spiro atoms. The van der Waals surface area contributed by atoms with E-state index in [-0.39, 0.29) is 0 Å². The highest BCUT2D eigenvalue weighted by Gasteiger charge is 2.39. The number of hydrogen-bond acceptors (Lipinski definition) is 3. The number of halogens is 3. The number of ketones is 1. The van der Waals surface area contributed by atoms with E-state index in [0.717, 1.165) is 6.92 Å². The molecule has 0 saturated heterocycles. The van der Waals surface area contributed by atoms with Crippen LogP contribution >= 0.6 is 0 Å².